The molecule has 1 saturated heterocycles. The van der Waals surface area contributed by atoms with Gasteiger partial charge in [-0.05, 0) is 6.07 Å². The molecule has 1 aliphatic rings. The van der Waals surface area contributed by atoms with Crippen molar-refractivity contribution in [1.82, 2.24) is 10.2 Å². The van der Waals surface area contributed by atoms with Crippen LogP contribution in [-0.2, 0) is 6.54 Å². The lowest BCUT2D eigenvalue weighted by molar-refractivity contribution is 0.230. The van der Waals surface area contributed by atoms with Crippen LogP contribution < -0.4 is 5.32 Å². The van der Waals surface area contributed by atoms with Crippen molar-refractivity contribution in [2.45, 2.75) is 6.54 Å². The van der Waals surface area contributed by atoms with E-state index in [9.17, 15) is 4.39 Å². The second kappa shape index (κ2) is 4.59. The van der Waals surface area contributed by atoms with E-state index in [0.717, 1.165) is 32.2 Å². The number of phenolic OH excluding ortho intramolecular Hbond substituents is 1. The number of hydrogen-bond acceptors (Lipinski definition) is 3. The Morgan fingerprint density at radius 1 is 1.33 bits per heavy atom. The van der Waals surface area contributed by atoms with Crippen molar-refractivity contribution >= 4 is 0 Å². The molecule has 0 aliphatic carbocycles. The molecule has 1 aromatic rings. The molecule has 4 heteroatoms. The number of piperazine rings is 1. The lowest BCUT2D eigenvalue weighted by Crippen LogP contribution is -2.43. The predicted octanol–water partition coefficient (Wildman–Crippen LogP) is 0.936. The minimum atomic E-state index is -0.325. The van der Waals surface area contributed by atoms with Gasteiger partial charge in [0.05, 0.1) is 0 Å². The number of nitrogens with zero attached hydrogens (tertiary/aromatic N) is 1. The van der Waals surface area contributed by atoms with Crippen LogP contribution in [0.25, 0.3) is 0 Å². The van der Waals surface area contributed by atoms with Crippen molar-refractivity contribution in [3.63, 3.8) is 0 Å². The number of nitrogens with one attached hydrogen (secondary N) is 1. The number of phenols is 1. The van der Waals surface area contributed by atoms with Crippen LogP contribution in [-0.4, -0.2) is 36.2 Å². The van der Waals surface area contributed by atoms with E-state index in [1.165, 1.54) is 6.07 Å². The first kappa shape index (κ1) is 10.4. The van der Waals surface area contributed by atoms with Crippen LogP contribution in [0.4, 0.5) is 4.39 Å². The zero-order valence-corrected chi connectivity index (χ0v) is 8.54. The quantitative estimate of drug-likeness (QED) is 0.762. The smallest absolute Gasteiger partial charge is 0.131 e. The van der Waals surface area contributed by atoms with E-state index in [1.54, 1.807) is 6.07 Å². The summed E-state index contributed by atoms with van der Waals surface area (Å²) in [5.74, 6) is -0.343. The highest BCUT2D eigenvalue weighted by atomic mass is 19.1. The Kier molecular flexibility index (Phi) is 3.18. The molecule has 0 aromatic heterocycles. The Hall–Kier alpha value is -1.13. The summed E-state index contributed by atoms with van der Waals surface area (Å²) in [7, 11) is 0. The molecule has 1 aromatic carbocycles. The molecule has 15 heavy (non-hydrogen) atoms. The van der Waals surface area contributed by atoms with Crippen LogP contribution in [0, 0.1) is 5.82 Å². The molecule has 0 amide bonds. The molecule has 82 valence electrons. The van der Waals surface area contributed by atoms with E-state index >= 15 is 0 Å². The van der Waals surface area contributed by atoms with Crippen molar-refractivity contribution < 1.29 is 9.50 Å². The van der Waals surface area contributed by atoms with E-state index in [1.807, 2.05) is 0 Å². The molecule has 0 radical (unpaired) electrons. The highest BCUT2D eigenvalue weighted by Crippen LogP contribution is 2.16. The first-order valence-electron chi connectivity index (χ1n) is 5.16. The van der Waals surface area contributed by atoms with Gasteiger partial charge in [0, 0.05) is 44.4 Å². The Morgan fingerprint density at radius 3 is 2.73 bits per heavy atom. The Labute approximate surface area is 88.5 Å². The summed E-state index contributed by atoms with van der Waals surface area (Å²) in [6.07, 6.45) is 0. The summed E-state index contributed by atoms with van der Waals surface area (Å²) in [6, 6.07) is 4.34. The summed E-state index contributed by atoms with van der Waals surface area (Å²) in [4.78, 5) is 2.20. The fourth-order valence-corrected chi connectivity index (χ4v) is 1.77. The lowest BCUT2D eigenvalue weighted by Gasteiger charge is -2.27. The van der Waals surface area contributed by atoms with E-state index in [2.05, 4.69) is 10.2 Å². The fourth-order valence-electron chi connectivity index (χ4n) is 1.77. The standard InChI is InChI=1S/C11H15FN2O/c12-11-7-10(15)2-1-9(11)8-14-5-3-13-4-6-14/h1-2,7,13,15H,3-6,8H2. The molecule has 1 fully saturated rings. The highest BCUT2D eigenvalue weighted by molar-refractivity contribution is 5.27. The molecular formula is C11H15FN2O. The van der Waals surface area contributed by atoms with Crippen LogP contribution in [0.1, 0.15) is 5.56 Å². The molecular weight excluding hydrogens is 195 g/mol. The summed E-state index contributed by atoms with van der Waals surface area (Å²) >= 11 is 0. The Morgan fingerprint density at radius 2 is 2.07 bits per heavy atom. The minimum absolute atomic E-state index is 0.0171. The van der Waals surface area contributed by atoms with Gasteiger partial charge < -0.3 is 10.4 Å². The zero-order chi connectivity index (χ0) is 10.7. The lowest BCUT2D eigenvalue weighted by atomic mass is 10.2. The van der Waals surface area contributed by atoms with E-state index in [0.29, 0.717) is 12.1 Å². The number of benzene rings is 1. The van der Waals surface area contributed by atoms with Gasteiger partial charge in [0.15, 0.2) is 0 Å². The third-order valence-electron chi connectivity index (χ3n) is 2.64. The normalized spacial score (nSPS) is 17.9. The topological polar surface area (TPSA) is 35.5 Å². The van der Waals surface area contributed by atoms with Crippen molar-refractivity contribution in [3.05, 3.63) is 29.6 Å². The maximum Gasteiger partial charge on any atom is 0.131 e. The summed E-state index contributed by atoms with van der Waals surface area (Å²) in [5.41, 5.74) is 0.648. The van der Waals surface area contributed by atoms with Gasteiger partial charge in [-0.15, -0.1) is 0 Å². The van der Waals surface area contributed by atoms with Crippen molar-refractivity contribution in [1.29, 1.82) is 0 Å². The monoisotopic (exact) mass is 210 g/mol. The molecule has 0 spiro atoms. The van der Waals surface area contributed by atoms with Gasteiger partial charge in [-0.2, -0.15) is 0 Å². The first-order chi connectivity index (χ1) is 7.25. The average molecular weight is 210 g/mol. The Bertz CT molecular complexity index is 337. The van der Waals surface area contributed by atoms with Crippen LogP contribution in [0.2, 0.25) is 0 Å². The number of halogens is 1. The van der Waals surface area contributed by atoms with Gasteiger partial charge in [0.2, 0.25) is 0 Å². The zero-order valence-electron chi connectivity index (χ0n) is 8.54. The highest BCUT2D eigenvalue weighted by Gasteiger charge is 2.12. The van der Waals surface area contributed by atoms with Gasteiger partial charge in [-0.25, -0.2) is 4.39 Å². The van der Waals surface area contributed by atoms with Crippen LogP contribution in [0.3, 0.4) is 0 Å². The Balaban J connectivity index is 2.03. The van der Waals surface area contributed by atoms with Gasteiger partial charge in [-0.1, -0.05) is 6.07 Å². The summed E-state index contributed by atoms with van der Waals surface area (Å²) in [6.45, 7) is 4.42. The molecule has 0 unspecified atom stereocenters. The molecule has 3 nitrogen and oxygen atoms in total. The minimum Gasteiger partial charge on any atom is -0.508 e. The van der Waals surface area contributed by atoms with Gasteiger partial charge in [0.1, 0.15) is 11.6 Å². The summed E-state index contributed by atoms with van der Waals surface area (Å²) in [5, 5.41) is 12.3. The average Bonchev–Trinajstić information content (AvgIpc) is 2.24. The molecule has 0 bridgehead atoms. The SMILES string of the molecule is Oc1ccc(CN2CCNCC2)c(F)c1. The van der Waals surface area contributed by atoms with Gasteiger partial charge in [0.25, 0.3) is 0 Å². The molecule has 0 atom stereocenters. The van der Waals surface area contributed by atoms with Crippen LogP contribution in [0.15, 0.2) is 18.2 Å². The van der Waals surface area contributed by atoms with Gasteiger partial charge >= 0.3 is 0 Å². The molecule has 1 aliphatic heterocycles. The molecule has 1 heterocycles. The van der Waals surface area contributed by atoms with Crippen molar-refractivity contribution in [3.8, 4) is 5.75 Å². The van der Waals surface area contributed by atoms with Crippen LogP contribution in [0.5, 0.6) is 5.75 Å². The predicted molar refractivity (Wildman–Crippen MR) is 56.2 cm³/mol. The fraction of sp³-hybridized carbons (Fsp3) is 0.455. The second-order valence-corrected chi connectivity index (χ2v) is 3.80. The number of rotatable bonds is 2. The van der Waals surface area contributed by atoms with Crippen LogP contribution >= 0.6 is 0 Å². The maximum atomic E-state index is 13.4. The van der Waals surface area contributed by atoms with E-state index < -0.39 is 0 Å². The molecule has 2 rings (SSSR count). The molecule has 0 saturated carbocycles. The number of hydrogen-bond donors (Lipinski definition) is 2. The molecule has 2 N–H and O–H groups in total. The van der Waals surface area contributed by atoms with Gasteiger partial charge in [-0.3, -0.25) is 4.90 Å². The largest absolute Gasteiger partial charge is 0.508 e. The van der Waals surface area contributed by atoms with Crippen molar-refractivity contribution in [2.24, 2.45) is 0 Å². The first-order valence-corrected chi connectivity index (χ1v) is 5.16. The number of aromatic hydroxyl groups is 1. The van der Waals surface area contributed by atoms with E-state index in [-0.39, 0.29) is 11.6 Å². The third kappa shape index (κ3) is 2.67. The van der Waals surface area contributed by atoms with E-state index in [4.69, 9.17) is 5.11 Å². The van der Waals surface area contributed by atoms with Crippen molar-refractivity contribution in [2.75, 3.05) is 26.2 Å². The second-order valence-electron chi connectivity index (χ2n) is 3.80. The summed E-state index contributed by atoms with van der Waals surface area (Å²) < 4.78 is 13.4. The maximum absolute atomic E-state index is 13.4. The third-order valence-corrected chi connectivity index (χ3v) is 2.64.